The Labute approximate surface area is 84.4 Å². The summed E-state index contributed by atoms with van der Waals surface area (Å²) in [5.41, 5.74) is 7.24. The van der Waals surface area contributed by atoms with E-state index in [1.54, 1.807) is 19.1 Å². The molecule has 0 aliphatic rings. The summed E-state index contributed by atoms with van der Waals surface area (Å²) < 4.78 is 11.2. The molecule has 0 amide bonds. The summed E-state index contributed by atoms with van der Waals surface area (Å²) >= 11 is 0. The first-order valence-electron chi connectivity index (χ1n) is 4.67. The summed E-state index contributed by atoms with van der Waals surface area (Å²) in [4.78, 5) is 11.2. The van der Waals surface area contributed by atoms with Crippen LogP contribution in [0.3, 0.4) is 0 Å². The van der Waals surface area contributed by atoms with Crippen molar-refractivity contribution < 1.29 is 9.46 Å². The first-order valence-corrected chi connectivity index (χ1v) is 6.66. The van der Waals surface area contributed by atoms with Crippen LogP contribution in [0.25, 0.3) is 0 Å². The Morgan fingerprint density at radius 2 is 1.93 bits per heavy atom. The maximum Gasteiger partial charge on any atom is 0.0314 e. The van der Waals surface area contributed by atoms with Gasteiger partial charge in [0.1, 0.15) is 0 Å². The van der Waals surface area contributed by atoms with Crippen molar-refractivity contribution >= 4 is 13.1 Å². The fraction of sp³-hybridized carbons (Fsp3) is 0.400. The molecule has 1 atom stereocenters. The molecule has 0 spiro atoms. The van der Waals surface area contributed by atoms with E-state index in [1.807, 2.05) is 12.1 Å². The molecule has 14 heavy (non-hydrogen) atoms. The van der Waals surface area contributed by atoms with E-state index in [0.717, 1.165) is 5.56 Å². The first kappa shape index (κ1) is 11.3. The molecule has 0 aliphatic heterocycles. The van der Waals surface area contributed by atoms with E-state index in [2.05, 4.69) is 0 Å². The Morgan fingerprint density at radius 3 is 2.43 bits per heavy atom. The van der Waals surface area contributed by atoms with Crippen molar-refractivity contribution in [1.29, 1.82) is 0 Å². The van der Waals surface area contributed by atoms with Crippen molar-refractivity contribution in [3.63, 3.8) is 0 Å². The third kappa shape index (κ3) is 3.52. The van der Waals surface area contributed by atoms with E-state index in [9.17, 15) is 9.46 Å². The van der Waals surface area contributed by atoms with Crippen LogP contribution in [0.2, 0.25) is 0 Å². The molecule has 0 saturated carbocycles. The first-order chi connectivity index (χ1) is 6.53. The van der Waals surface area contributed by atoms with Gasteiger partial charge in [-0.25, -0.2) is 0 Å². The second kappa shape index (κ2) is 4.63. The van der Waals surface area contributed by atoms with Crippen LogP contribution < -0.4 is 10.6 Å². The van der Waals surface area contributed by atoms with E-state index >= 15 is 0 Å². The molecule has 1 aromatic rings. The second-order valence-electron chi connectivity index (χ2n) is 3.35. The van der Waals surface area contributed by atoms with Gasteiger partial charge in [0, 0.05) is 13.1 Å². The Bertz CT molecular complexity index is 334. The van der Waals surface area contributed by atoms with Crippen LogP contribution >= 0.6 is 7.37 Å². The molecule has 0 bridgehead atoms. The molecule has 3 nitrogen and oxygen atoms in total. The molecule has 4 heteroatoms. The van der Waals surface area contributed by atoms with Crippen molar-refractivity contribution in [3.8, 4) is 0 Å². The Balaban J connectivity index is 2.54. The second-order valence-corrected chi connectivity index (χ2v) is 6.05. The molecule has 0 aromatic heterocycles. The highest BCUT2D eigenvalue weighted by Crippen LogP contribution is 2.34. The Morgan fingerprint density at radius 1 is 1.36 bits per heavy atom. The van der Waals surface area contributed by atoms with Crippen LogP contribution in [0.5, 0.6) is 0 Å². The molecule has 78 valence electrons. The topological polar surface area (TPSA) is 66.1 Å². The molecule has 0 fully saturated rings. The molecule has 0 saturated heterocycles. The van der Waals surface area contributed by atoms with E-state index in [0.29, 0.717) is 12.1 Å². The summed E-state index contributed by atoms with van der Waals surface area (Å²) in [6, 6.07) is 7.31. The lowest BCUT2D eigenvalue weighted by molar-refractivity contribution is -0.174. The average molecular weight is 212 g/mol. The quantitative estimate of drug-likeness (QED) is 0.607. The molecule has 1 unspecified atom stereocenters. The molecule has 1 aromatic carbocycles. The van der Waals surface area contributed by atoms with Gasteiger partial charge in [-0.2, -0.15) is 0 Å². The third-order valence-corrected chi connectivity index (χ3v) is 4.07. The van der Waals surface area contributed by atoms with Crippen LogP contribution in [-0.4, -0.2) is 12.3 Å². The van der Waals surface area contributed by atoms with Crippen LogP contribution in [0.1, 0.15) is 12.5 Å². The maximum atomic E-state index is 11.2. The Hall–Kier alpha value is -0.790. The van der Waals surface area contributed by atoms with Gasteiger partial charge in [-0.1, -0.05) is 19.1 Å². The van der Waals surface area contributed by atoms with Crippen LogP contribution in [-0.2, 0) is 11.0 Å². The summed E-state index contributed by atoms with van der Waals surface area (Å²) in [6.45, 7) is 1.68. The molecule has 0 aliphatic carbocycles. The standard InChI is InChI=1S/C10H16NO2P/c1-2-14(12,13)8-7-9-3-5-10(11)6-4-9/h3-6H,2,7-8,11H2,1H3,(H,12,13)/p-1. The molecule has 0 radical (unpaired) electrons. The number of hydrogen-bond acceptors (Lipinski definition) is 3. The normalized spacial score (nSPS) is 15.0. The SMILES string of the molecule is CCP(=O)([O-])CCc1ccc(N)cc1. The van der Waals surface area contributed by atoms with Crippen molar-refractivity contribution in [2.24, 2.45) is 0 Å². The van der Waals surface area contributed by atoms with Crippen LogP contribution in [0.4, 0.5) is 5.69 Å². The van der Waals surface area contributed by atoms with E-state index in [-0.39, 0.29) is 12.3 Å². The van der Waals surface area contributed by atoms with Crippen molar-refractivity contribution in [3.05, 3.63) is 29.8 Å². The minimum absolute atomic E-state index is 0.238. The molecule has 2 N–H and O–H groups in total. The van der Waals surface area contributed by atoms with E-state index in [4.69, 9.17) is 5.73 Å². The molecular formula is C10H15NO2P-. The Kier molecular flexibility index (Phi) is 3.73. The smallest absolute Gasteiger partial charge is 0.0314 e. The minimum atomic E-state index is -3.13. The molecule has 0 heterocycles. The van der Waals surface area contributed by atoms with Gasteiger partial charge in [0.25, 0.3) is 0 Å². The lowest BCUT2D eigenvalue weighted by atomic mass is 10.2. The molecule has 1 rings (SSSR count). The van der Waals surface area contributed by atoms with Gasteiger partial charge in [-0.05, 0) is 36.4 Å². The fourth-order valence-corrected chi connectivity index (χ4v) is 2.06. The van der Waals surface area contributed by atoms with Gasteiger partial charge >= 0.3 is 0 Å². The number of anilines is 1. The highest BCUT2D eigenvalue weighted by Gasteiger charge is 2.04. The van der Waals surface area contributed by atoms with Crippen LogP contribution in [0, 0.1) is 0 Å². The predicted molar refractivity (Wildman–Crippen MR) is 57.6 cm³/mol. The lowest BCUT2D eigenvalue weighted by Crippen LogP contribution is -2.08. The lowest BCUT2D eigenvalue weighted by Gasteiger charge is -2.20. The summed E-state index contributed by atoms with van der Waals surface area (Å²) in [6.07, 6.45) is 1.06. The van der Waals surface area contributed by atoms with Gasteiger partial charge in [-0.3, -0.25) is 0 Å². The van der Waals surface area contributed by atoms with Crippen molar-refractivity contribution in [2.45, 2.75) is 13.3 Å². The minimum Gasteiger partial charge on any atom is -0.799 e. The summed E-state index contributed by atoms with van der Waals surface area (Å²) in [5.74, 6) is 0. The number of nitrogen functional groups attached to an aromatic ring is 1. The number of benzene rings is 1. The molecular weight excluding hydrogens is 197 g/mol. The average Bonchev–Trinajstić information content (AvgIpc) is 2.17. The van der Waals surface area contributed by atoms with E-state index in [1.165, 1.54) is 0 Å². The summed E-state index contributed by atoms with van der Waals surface area (Å²) in [5, 5.41) is 0. The zero-order valence-corrected chi connectivity index (χ0v) is 9.17. The number of aryl methyl sites for hydroxylation is 1. The highest BCUT2D eigenvalue weighted by molar-refractivity contribution is 7.56. The van der Waals surface area contributed by atoms with E-state index < -0.39 is 7.37 Å². The van der Waals surface area contributed by atoms with Crippen LogP contribution in [0.15, 0.2) is 24.3 Å². The van der Waals surface area contributed by atoms with Crippen molar-refractivity contribution in [2.75, 3.05) is 18.1 Å². The highest BCUT2D eigenvalue weighted by atomic mass is 31.2. The number of nitrogens with two attached hydrogens (primary N) is 1. The van der Waals surface area contributed by atoms with Gasteiger partial charge in [0.05, 0.1) is 0 Å². The van der Waals surface area contributed by atoms with Gasteiger partial charge in [0.15, 0.2) is 0 Å². The third-order valence-electron chi connectivity index (χ3n) is 2.20. The van der Waals surface area contributed by atoms with Gasteiger partial charge in [-0.15, -0.1) is 0 Å². The number of rotatable bonds is 4. The summed E-state index contributed by atoms with van der Waals surface area (Å²) in [7, 11) is -3.13. The largest absolute Gasteiger partial charge is 0.799 e. The monoisotopic (exact) mass is 212 g/mol. The predicted octanol–water partition coefficient (Wildman–Crippen LogP) is 1.47. The van der Waals surface area contributed by atoms with Crippen molar-refractivity contribution in [1.82, 2.24) is 0 Å². The van der Waals surface area contributed by atoms with Gasteiger partial charge in [0.2, 0.25) is 0 Å². The fourth-order valence-electron chi connectivity index (χ4n) is 1.14. The van der Waals surface area contributed by atoms with Gasteiger partial charge < -0.3 is 15.2 Å². The zero-order chi connectivity index (χ0) is 10.6. The maximum absolute atomic E-state index is 11.2. The zero-order valence-electron chi connectivity index (χ0n) is 8.27. The number of hydrogen-bond donors (Lipinski definition) is 1.